The molecule has 4 rings (SSSR count). The van der Waals surface area contributed by atoms with Crippen LogP contribution < -0.4 is 0 Å². The van der Waals surface area contributed by atoms with Crippen LogP contribution in [0.4, 0.5) is 4.79 Å². The third kappa shape index (κ3) is 3.53. The third-order valence-corrected chi connectivity index (χ3v) is 5.27. The standard InChI is InChI=1S/C21H26N2O4/c1-21(2,3)27-20(26)22-9-8-16-15(12-22)7-6-14-10-17(19(24)25)23(18(14)16)11-13-4-5-13/h6-7,10,13H,4-5,8-9,11-12H2,1-3H3,(H,24,25). The van der Waals surface area contributed by atoms with Gasteiger partial charge in [-0.05, 0) is 63.1 Å². The highest BCUT2D eigenvalue weighted by atomic mass is 16.6. The number of benzene rings is 1. The number of hydrogen-bond donors (Lipinski definition) is 1. The summed E-state index contributed by atoms with van der Waals surface area (Å²) in [5.41, 5.74) is 3.11. The lowest BCUT2D eigenvalue weighted by Crippen LogP contribution is -2.40. The quantitative estimate of drug-likeness (QED) is 0.885. The largest absolute Gasteiger partial charge is 0.477 e. The van der Waals surface area contributed by atoms with Crippen molar-refractivity contribution in [1.29, 1.82) is 0 Å². The SMILES string of the molecule is CC(C)(C)OC(=O)N1CCc2c(ccc3cc(C(=O)O)n(CC4CC4)c23)C1. The molecule has 1 aromatic carbocycles. The van der Waals surface area contributed by atoms with Crippen LogP contribution in [0.1, 0.15) is 55.2 Å². The number of aromatic nitrogens is 1. The van der Waals surface area contributed by atoms with E-state index in [-0.39, 0.29) is 6.09 Å². The summed E-state index contributed by atoms with van der Waals surface area (Å²) < 4.78 is 7.49. The van der Waals surface area contributed by atoms with E-state index < -0.39 is 11.6 Å². The van der Waals surface area contributed by atoms with Crippen LogP contribution in [0, 0.1) is 5.92 Å². The van der Waals surface area contributed by atoms with Crippen LogP contribution in [0.25, 0.3) is 10.9 Å². The summed E-state index contributed by atoms with van der Waals surface area (Å²) in [4.78, 5) is 25.9. The number of ether oxygens (including phenoxy) is 1. The van der Waals surface area contributed by atoms with E-state index in [9.17, 15) is 14.7 Å². The molecule has 27 heavy (non-hydrogen) atoms. The van der Waals surface area contributed by atoms with Crippen LogP contribution in [-0.2, 0) is 24.2 Å². The molecule has 0 bridgehead atoms. The van der Waals surface area contributed by atoms with Crippen molar-refractivity contribution in [3.05, 3.63) is 35.0 Å². The fraction of sp³-hybridized carbons (Fsp3) is 0.524. The Morgan fingerprint density at radius 3 is 2.63 bits per heavy atom. The predicted molar refractivity (Wildman–Crippen MR) is 102 cm³/mol. The number of aromatic carboxylic acids is 1. The number of hydrogen-bond acceptors (Lipinski definition) is 3. The number of carboxylic acids is 1. The molecular weight excluding hydrogens is 344 g/mol. The van der Waals surface area contributed by atoms with Crippen LogP contribution in [0.5, 0.6) is 0 Å². The zero-order chi connectivity index (χ0) is 19.3. The van der Waals surface area contributed by atoms with Crippen molar-refractivity contribution in [3.8, 4) is 0 Å². The van der Waals surface area contributed by atoms with Crippen molar-refractivity contribution in [3.63, 3.8) is 0 Å². The van der Waals surface area contributed by atoms with Gasteiger partial charge in [0, 0.05) is 25.0 Å². The molecule has 6 nitrogen and oxygen atoms in total. The van der Waals surface area contributed by atoms with Crippen molar-refractivity contribution < 1.29 is 19.4 Å². The number of nitrogens with zero attached hydrogens (tertiary/aromatic N) is 2. The van der Waals surface area contributed by atoms with E-state index in [1.807, 2.05) is 37.5 Å². The van der Waals surface area contributed by atoms with Gasteiger partial charge in [0.1, 0.15) is 11.3 Å². The van der Waals surface area contributed by atoms with Crippen molar-refractivity contribution in [2.75, 3.05) is 6.54 Å². The zero-order valence-electron chi connectivity index (χ0n) is 16.1. The molecule has 1 amide bonds. The molecule has 2 heterocycles. The summed E-state index contributed by atoms with van der Waals surface area (Å²) in [6.45, 7) is 7.44. The molecule has 0 saturated heterocycles. The maximum atomic E-state index is 12.4. The summed E-state index contributed by atoms with van der Waals surface area (Å²) in [5.74, 6) is -0.303. The molecule has 0 radical (unpaired) electrons. The number of fused-ring (bicyclic) bond motifs is 3. The first kappa shape index (κ1) is 17.9. The Morgan fingerprint density at radius 2 is 2.00 bits per heavy atom. The Bertz CT molecular complexity index is 918. The molecule has 0 spiro atoms. The molecule has 0 unspecified atom stereocenters. The fourth-order valence-corrected chi connectivity index (χ4v) is 3.84. The lowest BCUT2D eigenvalue weighted by Gasteiger charge is -2.31. The Kier molecular flexibility index (Phi) is 4.17. The van der Waals surface area contributed by atoms with E-state index in [2.05, 4.69) is 0 Å². The van der Waals surface area contributed by atoms with Crippen LogP contribution in [0.15, 0.2) is 18.2 Å². The number of amides is 1. The first-order valence-corrected chi connectivity index (χ1v) is 9.58. The minimum absolute atomic E-state index is 0.298. The fourth-order valence-electron chi connectivity index (χ4n) is 3.84. The Balaban J connectivity index is 1.70. The average Bonchev–Trinajstić information content (AvgIpc) is 3.31. The van der Waals surface area contributed by atoms with E-state index in [0.717, 1.165) is 23.0 Å². The molecule has 1 aromatic heterocycles. The van der Waals surface area contributed by atoms with Crippen molar-refractivity contribution in [2.24, 2.45) is 5.92 Å². The summed E-state index contributed by atoms with van der Waals surface area (Å²) in [7, 11) is 0. The van der Waals surface area contributed by atoms with Gasteiger partial charge in [0.25, 0.3) is 0 Å². The van der Waals surface area contributed by atoms with Crippen LogP contribution >= 0.6 is 0 Å². The Labute approximate surface area is 158 Å². The average molecular weight is 370 g/mol. The molecule has 1 aliphatic heterocycles. The Morgan fingerprint density at radius 1 is 1.26 bits per heavy atom. The van der Waals surface area contributed by atoms with Gasteiger partial charge in [-0.15, -0.1) is 0 Å². The van der Waals surface area contributed by atoms with Gasteiger partial charge in [-0.2, -0.15) is 0 Å². The number of carboxylic acid groups (broad SMARTS) is 1. The highest BCUT2D eigenvalue weighted by Crippen LogP contribution is 2.36. The lowest BCUT2D eigenvalue weighted by molar-refractivity contribution is 0.0224. The van der Waals surface area contributed by atoms with Gasteiger partial charge in [0.15, 0.2) is 0 Å². The van der Waals surface area contributed by atoms with E-state index in [1.54, 1.807) is 11.0 Å². The number of rotatable bonds is 3. The molecule has 1 fully saturated rings. The monoisotopic (exact) mass is 370 g/mol. The van der Waals surface area contributed by atoms with Crippen molar-refractivity contribution >= 4 is 23.0 Å². The smallest absolute Gasteiger partial charge is 0.410 e. The first-order chi connectivity index (χ1) is 12.7. The van der Waals surface area contributed by atoms with Crippen LogP contribution in [0.2, 0.25) is 0 Å². The molecular formula is C21H26N2O4. The molecule has 2 aliphatic rings. The van der Waals surface area contributed by atoms with Gasteiger partial charge in [-0.1, -0.05) is 12.1 Å². The molecule has 2 aromatic rings. The van der Waals surface area contributed by atoms with E-state index >= 15 is 0 Å². The highest BCUT2D eigenvalue weighted by molar-refractivity contribution is 5.96. The second-order valence-electron chi connectivity index (χ2n) is 8.68. The highest BCUT2D eigenvalue weighted by Gasteiger charge is 2.30. The predicted octanol–water partition coefficient (Wildman–Crippen LogP) is 4.04. The minimum atomic E-state index is -0.883. The first-order valence-electron chi connectivity index (χ1n) is 9.58. The molecule has 6 heteroatoms. The normalized spacial score (nSPS) is 17.1. The van der Waals surface area contributed by atoms with Crippen molar-refractivity contribution in [2.45, 2.75) is 58.7 Å². The maximum Gasteiger partial charge on any atom is 0.410 e. The van der Waals surface area contributed by atoms with Crippen LogP contribution in [0.3, 0.4) is 0 Å². The summed E-state index contributed by atoms with van der Waals surface area (Å²) in [6.07, 6.45) is 2.74. The topological polar surface area (TPSA) is 71.8 Å². The molecule has 144 valence electrons. The summed E-state index contributed by atoms with van der Waals surface area (Å²) >= 11 is 0. The second-order valence-corrected chi connectivity index (χ2v) is 8.68. The van der Waals surface area contributed by atoms with Gasteiger partial charge in [0.2, 0.25) is 0 Å². The Hall–Kier alpha value is -2.50. The van der Waals surface area contributed by atoms with Crippen molar-refractivity contribution in [1.82, 2.24) is 9.47 Å². The van der Waals surface area contributed by atoms with Gasteiger partial charge in [-0.3, -0.25) is 0 Å². The number of carbonyl (C=O) groups is 2. The molecule has 1 saturated carbocycles. The van der Waals surface area contributed by atoms with Gasteiger partial charge < -0.3 is 19.3 Å². The van der Waals surface area contributed by atoms with Gasteiger partial charge in [-0.25, -0.2) is 9.59 Å². The maximum absolute atomic E-state index is 12.4. The summed E-state index contributed by atoms with van der Waals surface area (Å²) in [5, 5.41) is 10.6. The number of carbonyl (C=O) groups excluding carboxylic acids is 1. The summed E-state index contributed by atoms with van der Waals surface area (Å²) in [6, 6.07) is 5.77. The zero-order valence-corrected chi connectivity index (χ0v) is 16.1. The minimum Gasteiger partial charge on any atom is -0.477 e. The van der Waals surface area contributed by atoms with Crippen LogP contribution in [-0.4, -0.2) is 38.8 Å². The van der Waals surface area contributed by atoms with Gasteiger partial charge in [0.05, 0.1) is 5.52 Å². The molecule has 0 atom stereocenters. The second kappa shape index (κ2) is 6.29. The lowest BCUT2D eigenvalue weighted by atomic mass is 9.97. The third-order valence-electron chi connectivity index (χ3n) is 5.27. The molecule has 1 aliphatic carbocycles. The van der Waals surface area contributed by atoms with E-state index in [0.29, 0.717) is 31.1 Å². The molecule has 1 N–H and O–H groups in total. The van der Waals surface area contributed by atoms with Gasteiger partial charge >= 0.3 is 12.1 Å². The van der Waals surface area contributed by atoms with E-state index in [4.69, 9.17) is 4.74 Å². The van der Waals surface area contributed by atoms with E-state index in [1.165, 1.54) is 18.4 Å².